The molecule has 0 amide bonds. The molecule has 0 bridgehead atoms. The summed E-state index contributed by atoms with van der Waals surface area (Å²) in [4.78, 5) is 0. The fourth-order valence-corrected chi connectivity index (χ4v) is 5.30. The van der Waals surface area contributed by atoms with Crippen LogP contribution in [0, 0.1) is 5.92 Å². The average Bonchev–Trinajstić information content (AvgIpc) is 2.01. The summed E-state index contributed by atoms with van der Waals surface area (Å²) in [5, 5.41) is 0. The Morgan fingerprint density at radius 3 is 1.92 bits per heavy atom. The molecule has 0 rings (SSSR count). The molecule has 13 heavy (non-hydrogen) atoms. The van der Waals surface area contributed by atoms with E-state index in [0.717, 1.165) is 2.29 Å². The van der Waals surface area contributed by atoms with E-state index in [0.29, 0.717) is 0 Å². The minimum absolute atomic E-state index is 0.0941. The van der Waals surface area contributed by atoms with E-state index >= 15 is 0 Å². The summed E-state index contributed by atoms with van der Waals surface area (Å²) in [6, 6.07) is 0. The van der Waals surface area contributed by atoms with Crippen molar-refractivity contribution in [3.05, 3.63) is 0 Å². The third kappa shape index (κ3) is 4.28. The van der Waals surface area contributed by atoms with Crippen LogP contribution in [-0.2, 0) is 10.2 Å². The first-order valence-electron chi connectivity index (χ1n) is 3.37. The normalized spacial score (nSPS) is 15.8. The summed E-state index contributed by atoms with van der Waals surface area (Å²) in [5.41, 5.74) is 0. The second kappa shape index (κ2) is 6.06. The van der Waals surface area contributed by atoms with Crippen molar-refractivity contribution < 1.29 is 8.42 Å². The van der Waals surface area contributed by atoms with Crippen molar-refractivity contribution >= 4 is 74.6 Å². The molecule has 4 nitrogen and oxygen atoms in total. The number of halogens is 2. The van der Waals surface area contributed by atoms with Crippen molar-refractivity contribution in [2.75, 3.05) is 0 Å². The van der Waals surface area contributed by atoms with E-state index in [1.54, 1.807) is 45.7 Å². The summed E-state index contributed by atoms with van der Waals surface area (Å²) in [5.74, 6) is 0.168. The second-order valence-corrected chi connectivity index (χ2v) is 10.4. The maximum Gasteiger partial charge on any atom is 0.302 e. The Labute approximate surface area is 112 Å². The highest BCUT2D eigenvalue weighted by atomic mass is 127. The van der Waals surface area contributed by atoms with Crippen molar-refractivity contribution in [1.82, 2.24) is 4.81 Å². The smallest absolute Gasteiger partial charge is 0.193 e. The topological polar surface area (TPSA) is 40.6 Å². The summed E-state index contributed by atoms with van der Waals surface area (Å²) >= 11 is 3.52. The SMILES string of the molecule is CC(C)C(P)N(I)S(=O)(=O)N(P)I. The lowest BCUT2D eigenvalue weighted by Gasteiger charge is -2.26. The Hall–Kier alpha value is 2.19. The largest absolute Gasteiger partial charge is 0.302 e. The monoisotopic (exact) mass is 468 g/mol. The van der Waals surface area contributed by atoms with E-state index in [-0.39, 0.29) is 11.7 Å². The van der Waals surface area contributed by atoms with Crippen LogP contribution in [-0.4, -0.2) is 19.0 Å². The summed E-state index contributed by atoms with van der Waals surface area (Å²) in [7, 11) is 1.31. The molecule has 0 fully saturated rings. The van der Waals surface area contributed by atoms with E-state index in [1.807, 2.05) is 13.8 Å². The van der Waals surface area contributed by atoms with Crippen LogP contribution in [0.1, 0.15) is 13.8 Å². The van der Waals surface area contributed by atoms with Gasteiger partial charge in [-0.3, -0.25) is 0 Å². The van der Waals surface area contributed by atoms with Gasteiger partial charge in [0.05, 0.1) is 5.78 Å². The molecular formula is C4H12I2N2O2P2S. The van der Waals surface area contributed by atoms with Gasteiger partial charge in [-0.05, 0) is 15.3 Å². The van der Waals surface area contributed by atoms with Gasteiger partial charge in [0.25, 0.3) is 0 Å². The highest BCUT2D eigenvalue weighted by Gasteiger charge is 2.29. The first-order chi connectivity index (χ1) is 5.71. The highest BCUT2D eigenvalue weighted by Crippen LogP contribution is 2.29. The number of nitrogens with zero attached hydrogens (tertiary/aromatic N) is 2. The van der Waals surface area contributed by atoms with E-state index in [4.69, 9.17) is 0 Å². The van der Waals surface area contributed by atoms with Gasteiger partial charge >= 0.3 is 10.2 Å². The third-order valence-electron chi connectivity index (χ3n) is 1.36. The third-order valence-corrected chi connectivity index (χ3v) is 8.80. The van der Waals surface area contributed by atoms with E-state index in [2.05, 4.69) is 18.6 Å². The fourth-order valence-electron chi connectivity index (χ4n) is 0.463. The predicted octanol–water partition coefficient (Wildman–Crippen LogP) is 2.18. The molecule has 3 atom stereocenters. The zero-order chi connectivity index (χ0) is 10.8. The first-order valence-corrected chi connectivity index (χ1v) is 7.88. The molecule has 3 unspecified atom stereocenters. The maximum atomic E-state index is 11.6. The van der Waals surface area contributed by atoms with Gasteiger partial charge in [-0.25, -0.2) is 0 Å². The Bertz CT molecular complexity index is 259. The van der Waals surface area contributed by atoms with Crippen molar-refractivity contribution in [1.29, 1.82) is 0 Å². The van der Waals surface area contributed by atoms with Crippen LogP contribution in [0.5, 0.6) is 0 Å². The average molecular weight is 468 g/mol. The van der Waals surface area contributed by atoms with Crippen LogP contribution in [0.4, 0.5) is 0 Å². The van der Waals surface area contributed by atoms with Crippen LogP contribution in [0.25, 0.3) is 0 Å². The predicted molar refractivity (Wildman–Crippen MR) is 78.7 cm³/mol. The molecule has 0 aromatic carbocycles. The molecule has 0 saturated heterocycles. The van der Waals surface area contributed by atoms with Crippen molar-refractivity contribution in [2.24, 2.45) is 5.92 Å². The standard InChI is InChI=1S/C4H12I2N2O2P2S/c1-3(2)4(11)7(5)13(9,10)8(6)12/h3-4H,11-12H2,1-2H3. The van der Waals surface area contributed by atoms with E-state index < -0.39 is 10.2 Å². The van der Waals surface area contributed by atoms with Crippen LogP contribution < -0.4 is 0 Å². The highest BCUT2D eigenvalue weighted by molar-refractivity contribution is 14.1. The second-order valence-electron chi connectivity index (χ2n) is 2.73. The van der Waals surface area contributed by atoms with Crippen LogP contribution in [0.3, 0.4) is 0 Å². The molecule has 0 spiro atoms. The van der Waals surface area contributed by atoms with Gasteiger partial charge in [0.1, 0.15) is 0 Å². The van der Waals surface area contributed by atoms with E-state index in [1.165, 1.54) is 2.52 Å². The molecule has 0 aliphatic heterocycles. The van der Waals surface area contributed by atoms with Crippen LogP contribution >= 0.6 is 64.4 Å². The van der Waals surface area contributed by atoms with Gasteiger partial charge < -0.3 is 0 Å². The number of hydrogen-bond donors (Lipinski definition) is 0. The molecular weight excluding hydrogens is 456 g/mol. The molecule has 0 radical (unpaired) electrons. The fraction of sp³-hybridized carbons (Fsp3) is 1.00. The van der Waals surface area contributed by atoms with Crippen LogP contribution in [0.15, 0.2) is 0 Å². The van der Waals surface area contributed by atoms with Gasteiger partial charge in [0, 0.05) is 45.7 Å². The molecule has 0 N–H and O–H groups in total. The molecule has 0 aliphatic rings. The van der Waals surface area contributed by atoms with E-state index in [9.17, 15) is 8.42 Å². The first kappa shape index (κ1) is 15.2. The molecule has 0 heterocycles. The summed E-state index contributed by atoms with van der Waals surface area (Å²) in [6.45, 7) is 3.94. The zero-order valence-electron chi connectivity index (χ0n) is 7.18. The van der Waals surface area contributed by atoms with Gasteiger partial charge in [0.2, 0.25) is 0 Å². The zero-order valence-corrected chi connectivity index (χ0v) is 14.6. The molecule has 0 aromatic heterocycles. The quantitative estimate of drug-likeness (QED) is 0.361. The molecule has 0 aliphatic carbocycles. The number of rotatable bonds is 4. The number of hydrogen-bond acceptors (Lipinski definition) is 2. The van der Waals surface area contributed by atoms with Gasteiger partial charge in [-0.2, -0.15) is 8.42 Å². The minimum atomic E-state index is -3.34. The Morgan fingerprint density at radius 1 is 1.31 bits per heavy atom. The lowest BCUT2D eigenvalue weighted by atomic mass is 10.2. The lowest BCUT2D eigenvalue weighted by Crippen LogP contribution is -2.35. The van der Waals surface area contributed by atoms with Crippen molar-refractivity contribution in [2.45, 2.75) is 19.6 Å². The molecule has 0 saturated carbocycles. The van der Waals surface area contributed by atoms with Gasteiger partial charge in [0.15, 0.2) is 0 Å². The minimum Gasteiger partial charge on any atom is -0.193 e. The Morgan fingerprint density at radius 2 is 1.69 bits per heavy atom. The van der Waals surface area contributed by atoms with Crippen molar-refractivity contribution in [3.8, 4) is 0 Å². The Kier molecular flexibility index (Phi) is 7.08. The lowest BCUT2D eigenvalue weighted by molar-refractivity contribution is 0.474. The molecule has 9 heteroatoms. The van der Waals surface area contributed by atoms with Gasteiger partial charge in [-0.1, -0.05) is 13.8 Å². The summed E-state index contributed by atoms with van der Waals surface area (Å²) < 4.78 is 25.6. The molecule has 0 aromatic rings. The molecule has 80 valence electrons. The van der Waals surface area contributed by atoms with Crippen LogP contribution in [0.2, 0.25) is 0 Å². The summed E-state index contributed by atoms with van der Waals surface area (Å²) in [6.07, 6.45) is 0. The van der Waals surface area contributed by atoms with Gasteiger partial charge in [-0.15, -0.1) is 14.0 Å². The maximum absolute atomic E-state index is 11.6. The van der Waals surface area contributed by atoms with Crippen molar-refractivity contribution in [3.63, 3.8) is 0 Å². The Balaban J connectivity index is 4.70.